The summed E-state index contributed by atoms with van der Waals surface area (Å²) in [5.74, 6) is -1.06. The second kappa shape index (κ2) is 16.9. The van der Waals surface area contributed by atoms with E-state index in [0.29, 0.717) is 18.8 Å². The van der Waals surface area contributed by atoms with Gasteiger partial charge in [0.05, 0.1) is 17.8 Å². The number of carbonyl (C=O) groups excluding carboxylic acids is 2. The number of nitrogens with one attached hydrogen (secondary N) is 2. The summed E-state index contributed by atoms with van der Waals surface area (Å²) in [6.45, 7) is 8.62. The van der Waals surface area contributed by atoms with Crippen molar-refractivity contribution in [2.45, 2.75) is 59.2 Å². The number of benzene rings is 3. The molecule has 0 bridgehead atoms. The zero-order chi connectivity index (χ0) is 31.2. The Labute approximate surface area is 255 Å². The molecule has 0 aromatic heterocycles. The maximum absolute atomic E-state index is 13.4. The Kier molecular flexibility index (Phi) is 13.0. The number of amides is 1. The van der Waals surface area contributed by atoms with E-state index in [1.165, 1.54) is 4.90 Å². The summed E-state index contributed by atoms with van der Waals surface area (Å²) < 4.78 is 5.63. The van der Waals surface area contributed by atoms with Crippen molar-refractivity contribution >= 4 is 11.9 Å². The molecular weight excluding hydrogens is 540 g/mol. The first kappa shape index (κ1) is 33.1. The van der Waals surface area contributed by atoms with Crippen molar-refractivity contribution in [2.24, 2.45) is 11.7 Å². The second-order valence-electron chi connectivity index (χ2n) is 9.65. The van der Waals surface area contributed by atoms with E-state index in [1.807, 2.05) is 125 Å². The molecule has 0 aliphatic carbocycles. The van der Waals surface area contributed by atoms with Gasteiger partial charge in [-0.05, 0) is 34.8 Å². The number of carbonyl (C=O) groups is 2. The van der Waals surface area contributed by atoms with Crippen molar-refractivity contribution in [3.63, 3.8) is 0 Å². The van der Waals surface area contributed by atoms with Crippen molar-refractivity contribution in [1.29, 1.82) is 0 Å². The third kappa shape index (κ3) is 8.56. The summed E-state index contributed by atoms with van der Waals surface area (Å²) in [4.78, 5) is 28.0. The summed E-state index contributed by atoms with van der Waals surface area (Å²) in [5, 5.41) is 17.5. The first-order chi connectivity index (χ1) is 21.0. The highest BCUT2D eigenvalue weighted by atomic mass is 16.5. The predicted molar refractivity (Wildman–Crippen MR) is 170 cm³/mol. The number of esters is 1. The number of ether oxygens (including phenoxy) is 1. The SMILES string of the molecule is CC.CC.NC1=CC(C[C@H]2C(=O)N(C(O)NC(c3ccccc3)c3ccccc3)C2C(=O)OCc2ccccc2)=CCN1. The highest BCUT2D eigenvalue weighted by Gasteiger charge is 2.55. The molecule has 3 atom stereocenters. The zero-order valence-corrected chi connectivity index (χ0v) is 25.4. The van der Waals surface area contributed by atoms with Crippen LogP contribution in [-0.4, -0.2) is 40.8 Å². The highest BCUT2D eigenvalue weighted by Crippen LogP contribution is 2.36. The quantitative estimate of drug-likeness (QED) is 0.151. The normalized spacial score (nSPS) is 17.9. The van der Waals surface area contributed by atoms with Gasteiger partial charge < -0.3 is 20.9 Å². The highest BCUT2D eigenvalue weighted by molar-refractivity contribution is 5.97. The molecule has 2 unspecified atom stereocenters. The van der Waals surface area contributed by atoms with Gasteiger partial charge in [0.15, 0.2) is 6.35 Å². The van der Waals surface area contributed by atoms with Crippen molar-refractivity contribution < 1.29 is 19.4 Å². The minimum atomic E-state index is -1.42. The fourth-order valence-corrected chi connectivity index (χ4v) is 5.05. The van der Waals surface area contributed by atoms with Gasteiger partial charge in [0.25, 0.3) is 0 Å². The van der Waals surface area contributed by atoms with E-state index < -0.39 is 30.3 Å². The van der Waals surface area contributed by atoms with E-state index in [0.717, 1.165) is 22.3 Å². The number of rotatable bonds is 10. The molecule has 5 N–H and O–H groups in total. The number of allylic oxidation sites excluding steroid dienone is 2. The van der Waals surface area contributed by atoms with Crippen molar-refractivity contribution in [1.82, 2.24) is 15.5 Å². The van der Waals surface area contributed by atoms with Crippen LogP contribution >= 0.6 is 0 Å². The van der Waals surface area contributed by atoms with Gasteiger partial charge in [0.2, 0.25) is 5.91 Å². The van der Waals surface area contributed by atoms with Gasteiger partial charge in [0, 0.05) is 6.54 Å². The van der Waals surface area contributed by atoms with Crippen LogP contribution in [0.15, 0.2) is 115 Å². The fraction of sp³-hybridized carbons (Fsp3) is 0.314. The van der Waals surface area contributed by atoms with Crippen LogP contribution < -0.4 is 16.4 Å². The smallest absolute Gasteiger partial charge is 0.330 e. The molecule has 2 heterocycles. The third-order valence-electron chi connectivity index (χ3n) is 7.03. The van der Waals surface area contributed by atoms with Gasteiger partial charge in [-0.1, -0.05) is 125 Å². The van der Waals surface area contributed by atoms with Gasteiger partial charge in [-0.2, -0.15) is 0 Å². The Morgan fingerprint density at radius 3 is 2.02 bits per heavy atom. The zero-order valence-electron chi connectivity index (χ0n) is 25.4. The minimum absolute atomic E-state index is 0.0740. The number of hydrogen-bond donors (Lipinski definition) is 4. The van der Waals surface area contributed by atoms with E-state index in [1.54, 1.807) is 6.08 Å². The van der Waals surface area contributed by atoms with Crippen LogP contribution in [0.2, 0.25) is 0 Å². The number of aliphatic hydroxyl groups is 1. The van der Waals surface area contributed by atoms with Crippen LogP contribution in [0.1, 0.15) is 56.8 Å². The lowest BCUT2D eigenvalue weighted by molar-refractivity contribution is -0.193. The lowest BCUT2D eigenvalue weighted by Crippen LogP contribution is -2.70. The summed E-state index contributed by atoms with van der Waals surface area (Å²) in [6, 6.07) is 27.3. The predicted octanol–water partition coefficient (Wildman–Crippen LogP) is 4.98. The minimum Gasteiger partial charge on any atom is -0.459 e. The molecule has 1 saturated heterocycles. The number of β-lactam (4-membered cyclic amide) rings is 1. The topological polar surface area (TPSA) is 117 Å². The standard InChI is InChI=1S/C31H32N4O4.2C2H6/c32-26-19-22(16-17-33-26)18-25-28(30(37)39-20-21-10-4-1-5-11-21)35(29(25)36)31(38)34-27(23-12-6-2-7-13-23)24-14-8-3-9-15-24;2*1-2/h1-16,19,25,27-28,31,33-34,38H,17-18,20,32H2;2*1-2H3/t25-,28?,31?;;/m1../s1. The van der Waals surface area contributed by atoms with E-state index >= 15 is 0 Å². The molecule has 0 saturated carbocycles. The van der Waals surface area contributed by atoms with Crippen molar-refractivity contribution in [2.75, 3.05) is 6.54 Å². The van der Waals surface area contributed by atoms with Gasteiger partial charge >= 0.3 is 5.97 Å². The fourth-order valence-electron chi connectivity index (χ4n) is 5.05. The molecule has 8 heteroatoms. The molecule has 2 aliphatic heterocycles. The molecule has 0 spiro atoms. The van der Waals surface area contributed by atoms with E-state index in [2.05, 4.69) is 10.6 Å². The Hall–Kier alpha value is -4.40. The first-order valence-electron chi connectivity index (χ1n) is 15.0. The second-order valence-corrected chi connectivity index (χ2v) is 9.65. The number of hydrogen-bond acceptors (Lipinski definition) is 7. The van der Waals surface area contributed by atoms with Gasteiger partial charge in [-0.25, -0.2) is 4.79 Å². The Bertz CT molecular complexity index is 1310. The molecular formula is C35H44N4O4. The maximum atomic E-state index is 13.4. The first-order valence-corrected chi connectivity index (χ1v) is 15.0. The van der Waals surface area contributed by atoms with Crippen molar-refractivity contribution in [3.8, 4) is 0 Å². The van der Waals surface area contributed by atoms with Crippen LogP contribution in [0.5, 0.6) is 0 Å². The van der Waals surface area contributed by atoms with Crippen molar-refractivity contribution in [3.05, 3.63) is 131 Å². The Morgan fingerprint density at radius 1 is 0.953 bits per heavy atom. The third-order valence-corrected chi connectivity index (χ3v) is 7.03. The maximum Gasteiger partial charge on any atom is 0.330 e. The average Bonchev–Trinajstić information content (AvgIpc) is 3.07. The Morgan fingerprint density at radius 2 is 1.49 bits per heavy atom. The summed E-state index contributed by atoms with van der Waals surface area (Å²) in [6.07, 6.45) is 2.60. The molecule has 8 nitrogen and oxygen atoms in total. The number of aliphatic hydroxyl groups excluding tert-OH is 1. The number of nitrogens with zero attached hydrogens (tertiary/aromatic N) is 1. The molecule has 2 aliphatic rings. The molecule has 5 rings (SSSR count). The molecule has 3 aromatic carbocycles. The summed E-state index contributed by atoms with van der Waals surface area (Å²) in [7, 11) is 0. The molecule has 228 valence electrons. The number of likely N-dealkylation sites (tertiary alicyclic amines) is 1. The van der Waals surface area contributed by atoms with Crippen LogP contribution in [0.25, 0.3) is 0 Å². The van der Waals surface area contributed by atoms with Crippen LogP contribution in [0.3, 0.4) is 0 Å². The van der Waals surface area contributed by atoms with Crippen LogP contribution in [0, 0.1) is 5.92 Å². The van der Waals surface area contributed by atoms with Crippen LogP contribution in [0.4, 0.5) is 0 Å². The van der Waals surface area contributed by atoms with E-state index in [-0.39, 0.29) is 12.5 Å². The molecule has 1 fully saturated rings. The number of dihydropyridines is 1. The number of nitrogens with two attached hydrogens (primary N) is 1. The summed E-state index contributed by atoms with van der Waals surface area (Å²) in [5.41, 5.74) is 9.44. The lowest BCUT2D eigenvalue weighted by Gasteiger charge is -2.48. The molecule has 0 radical (unpaired) electrons. The molecule has 1 amide bonds. The Balaban J connectivity index is 0.00000121. The average molecular weight is 585 g/mol. The van der Waals surface area contributed by atoms with Gasteiger partial charge in [0.1, 0.15) is 12.6 Å². The van der Waals surface area contributed by atoms with E-state index in [9.17, 15) is 14.7 Å². The largest absolute Gasteiger partial charge is 0.459 e. The summed E-state index contributed by atoms with van der Waals surface area (Å²) >= 11 is 0. The van der Waals surface area contributed by atoms with E-state index in [4.69, 9.17) is 10.5 Å². The molecule has 3 aromatic rings. The van der Waals surface area contributed by atoms with Gasteiger partial charge in [-0.15, -0.1) is 0 Å². The molecule has 43 heavy (non-hydrogen) atoms. The van der Waals surface area contributed by atoms with Gasteiger partial charge in [-0.3, -0.25) is 15.0 Å². The van der Waals surface area contributed by atoms with Crippen LogP contribution in [-0.2, 0) is 20.9 Å². The monoisotopic (exact) mass is 584 g/mol. The lowest BCUT2D eigenvalue weighted by atomic mass is 9.81.